The summed E-state index contributed by atoms with van der Waals surface area (Å²) >= 11 is 0. The number of amides is 5. The molecule has 0 bridgehead atoms. The number of fused-ring (bicyclic) bond motifs is 2. The molecule has 0 aromatic heterocycles. The highest BCUT2D eigenvalue weighted by Gasteiger charge is 2.61. The standard InChI is InChI=1S/C35H49N5O8/c1-23(41)47-26-19-28-30(43)39-35(32(45)36-18-17-29(42)37-21-24-13-9-8-10-14-24)20-25(35)15-11-6-5-7-12-16-27(31(44)40(28)22-26)38-33(46)48-34(2,3)4/h8-11,13-15,25-28H,5-7,12,16-22H2,1-4H3,(H,36,45)(H,37,42)(H,38,46)(H,39,43)/b15-11-/t25-,26-,27+,28+,35-/m1/s1. The van der Waals surface area contributed by atoms with Crippen LogP contribution in [0.25, 0.3) is 0 Å². The molecule has 0 radical (unpaired) electrons. The van der Waals surface area contributed by atoms with Gasteiger partial charge in [-0.05, 0) is 52.0 Å². The molecule has 48 heavy (non-hydrogen) atoms. The molecule has 0 unspecified atom stereocenters. The van der Waals surface area contributed by atoms with Gasteiger partial charge in [0.2, 0.25) is 23.6 Å². The Bertz CT molecular complexity index is 1380. The van der Waals surface area contributed by atoms with Crippen molar-refractivity contribution in [1.82, 2.24) is 26.2 Å². The van der Waals surface area contributed by atoms with Crippen molar-refractivity contribution >= 4 is 35.7 Å². The lowest BCUT2D eigenvalue weighted by Crippen LogP contribution is -2.58. The van der Waals surface area contributed by atoms with Gasteiger partial charge in [-0.25, -0.2) is 4.79 Å². The lowest BCUT2D eigenvalue weighted by molar-refractivity contribution is -0.146. The van der Waals surface area contributed by atoms with E-state index in [0.29, 0.717) is 25.8 Å². The summed E-state index contributed by atoms with van der Waals surface area (Å²) in [6.07, 6.45) is 6.27. The Labute approximate surface area is 281 Å². The van der Waals surface area contributed by atoms with Crippen LogP contribution in [0.1, 0.15) is 84.6 Å². The molecule has 13 nitrogen and oxygen atoms in total. The van der Waals surface area contributed by atoms with Crippen molar-refractivity contribution in [2.45, 2.75) is 115 Å². The molecule has 2 heterocycles. The predicted octanol–water partition coefficient (Wildman–Crippen LogP) is 2.63. The number of nitrogens with zero attached hydrogens (tertiary/aromatic N) is 1. The van der Waals surface area contributed by atoms with Gasteiger partial charge in [-0.1, -0.05) is 55.3 Å². The van der Waals surface area contributed by atoms with Gasteiger partial charge in [-0.2, -0.15) is 0 Å². The fourth-order valence-corrected chi connectivity index (χ4v) is 6.18. The number of nitrogens with one attached hydrogen (secondary N) is 4. The Morgan fingerprint density at radius 2 is 1.79 bits per heavy atom. The Kier molecular flexibility index (Phi) is 12.2. The van der Waals surface area contributed by atoms with Gasteiger partial charge in [-0.3, -0.25) is 24.0 Å². The van der Waals surface area contributed by atoms with Crippen molar-refractivity contribution in [2.75, 3.05) is 13.1 Å². The van der Waals surface area contributed by atoms with Crippen LogP contribution in [0.3, 0.4) is 0 Å². The van der Waals surface area contributed by atoms with E-state index in [0.717, 1.165) is 24.8 Å². The zero-order valence-electron chi connectivity index (χ0n) is 28.3. The summed E-state index contributed by atoms with van der Waals surface area (Å²) in [4.78, 5) is 79.9. The second kappa shape index (κ2) is 16.1. The number of hydrogen-bond acceptors (Lipinski definition) is 8. The van der Waals surface area contributed by atoms with Crippen LogP contribution in [0.2, 0.25) is 0 Å². The fraction of sp³-hybridized carbons (Fsp3) is 0.600. The van der Waals surface area contributed by atoms with Gasteiger partial charge in [0.1, 0.15) is 29.3 Å². The topological polar surface area (TPSA) is 172 Å². The van der Waals surface area contributed by atoms with Crippen molar-refractivity contribution in [1.29, 1.82) is 0 Å². The first-order valence-electron chi connectivity index (χ1n) is 16.8. The number of allylic oxidation sites excluding steroid dienone is 1. The van der Waals surface area contributed by atoms with Gasteiger partial charge < -0.3 is 35.6 Å². The van der Waals surface area contributed by atoms with Gasteiger partial charge in [0.05, 0.1) is 6.54 Å². The zero-order valence-corrected chi connectivity index (χ0v) is 28.3. The summed E-state index contributed by atoms with van der Waals surface area (Å²) < 4.78 is 10.8. The predicted molar refractivity (Wildman–Crippen MR) is 176 cm³/mol. The van der Waals surface area contributed by atoms with Crippen molar-refractivity contribution in [3.63, 3.8) is 0 Å². The molecule has 4 N–H and O–H groups in total. The highest BCUT2D eigenvalue weighted by Crippen LogP contribution is 2.45. The number of carbonyl (C=O) groups excluding carboxylic acids is 6. The summed E-state index contributed by atoms with van der Waals surface area (Å²) in [6, 6.07) is 7.47. The number of rotatable bonds is 8. The molecule has 1 aliphatic carbocycles. The fourth-order valence-electron chi connectivity index (χ4n) is 6.18. The maximum Gasteiger partial charge on any atom is 0.408 e. The summed E-state index contributed by atoms with van der Waals surface area (Å²) in [6.45, 7) is 6.84. The van der Waals surface area contributed by atoms with Crippen molar-refractivity contribution in [3.8, 4) is 0 Å². The number of hydrogen-bond donors (Lipinski definition) is 4. The highest BCUT2D eigenvalue weighted by atomic mass is 16.6. The van der Waals surface area contributed by atoms with E-state index in [1.807, 2.05) is 42.5 Å². The molecule has 5 amide bonds. The number of benzene rings is 1. The van der Waals surface area contributed by atoms with E-state index in [9.17, 15) is 28.8 Å². The van der Waals surface area contributed by atoms with Crippen LogP contribution in [0.4, 0.5) is 4.79 Å². The van der Waals surface area contributed by atoms with E-state index >= 15 is 0 Å². The Balaban J connectivity index is 1.48. The first-order chi connectivity index (χ1) is 22.8. The Morgan fingerprint density at radius 1 is 1.04 bits per heavy atom. The molecule has 262 valence electrons. The van der Waals surface area contributed by atoms with Crippen LogP contribution in [-0.4, -0.2) is 83.0 Å². The van der Waals surface area contributed by atoms with Crippen molar-refractivity contribution in [2.24, 2.45) is 5.92 Å². The average Bonchev–Trinajstić information content (AvgIpc) is 3.55. The SMILES string of the molecule is CC(=O)O[C@@H]1C[C@H]2C(=O)N[C@]3(C(=O)NCCC(=O)NCc4ccccc4)C[C@H]3/C=C\CCCCC[C@H](NC(=O)OC(C)(C)C)C(=O)N2C1. The molecule has 1 saturated heterocycles. The third-order valence-corrected chi connectivity index (χ3v) is 8.64. The van der Waals surface area contributed by atoms with E-state index in [1.54, 1.807) is 20.8 Å². The molecule has 3 aliphatic rings. The third kappa shape index (κ3) is 10.3. The van der Waals surface area contributed by atoms with Crippen molar-refractivity contribution < 1.29 is 38.2 Å². The maximum atomic E-state index is 14.0. The average molecular weight is 668 g/mol. The van der Waals surface area contributed by atoms with Gasteiger partial charge >= 0.3 is 12.1 Å². The van der Waals surface area contributed by atoms with E-state index in [4.69, 9.17) is 9.47 Å². The van der Waals surface area contributed by atoms with Gasteiger partial charge in [0.25, 0.3) is 0 Å². The minimum Gasteiger partial charge on any atom is -0.461 e. The molecule has 4 rings (SSSR count). The maximum absolute atomic E-state index is 14.0. The summed E-state index contributed by atoms with van der Waals surface area (Å²) in [7, 11) is 0. The molecule has 1 aromatic carbocycles. The molecule has 0 spiro atoms. The first-order valence-corrected chi connectivity index (χ1v) is 16.8. The van der Waals surface area contributed by atoms with Crippen molar-refractivity contribution in [3.05, 3.63) is 48.0 Å². The normalized spacial score (nSPS) is 26.7. The molecule has 13 heteroatoms. The second-order valence-corrected chi connectivity index (χ2v) is 13.8. The van der Waals surface area contributed by atoms with Crippen LogP contribution in [0.15, 0.2) is 42.5 Å². The zero-order chi connectivity index (χ0) is 34.9. The van der Waals surface area contributed by atoms with Gasteiger partial charge in [0, 0.05) is 38.8 Å². The first kappa shape index (κ1) is 36.4. The second-order valence-electron chi connectivity index (χ2n) is 13.8. The minimum absolute atomic E-state index is 0.0378. The van der Waals surface area contributed by atoms with E-state index in [2.05, 4.69) is 21.3 Å². The highest BCUT2D eigenvalue weighted by molar-refractivity contribution is 5.98. The van der Waals surface area contributed by atoms with Gasteiger partial charge in [0.15, 0.2) is 0 Å². The lowest BCUT2D eigenvalue weighted by atomic mass is 10.0. The van der Waals surface area contributed by atoms with E-state index < -0.39 is 59.1 Å². The monoisotopic (exact) mass is 667 g/mol. The molecule has 2 aliphatic heterocycles. The largest absolute Gasteiger partial charge is 0.461 e. The number of alkyl carbamates (subject to hydrolysis) is 1. The lowest BCUT2D eigenvalue weighted by Gasteiger charge is -2.30. The molecular weight excluding hydrogens is 618 g/mol. The summed E-state index contributed by atoms with van der Waals surface area (Å²) in [5.41, 5.74) is -1.07. The number of ether oxygens (including phenoxy) is 2. The van der Waals surface area contributed by atoms with Crippen LogP contribution < -0.4 is 21.3 Å². The van der Waals surface area contributed by atoms with Crippen LogP contribution in [-0.2, 0) is 40.0 Å². The molecule has 5 atom stereocenters. The van der Waals surface area contributed by atoms with Crippen LogP contribution >= 0.6 is 0 Å². The quantitative estimate of drug-likeness (QED) is 0.242. The number of carbonyl (C=O) groups is 6. The van der Waals surface area contributed by atoms with Gasteiger partial charge in [-0.15, -0.1) is 0 Å². The number of esters is 1. The van der Waals surface area contributed by atoms with E-state index in [1.165, 1.54) is 11.8 Å². The molecule has 1 saturated carbocycles. The summed E-state index contributed by atoms with van der Waals surface area (Å²) in [5.74, 6) is -2.50. The van der Waals surface area contributed by atoms with E-state index in [-0.39, 0.29) is 37.8 Å². The Hall–Kier alpha value is -4.42. The summed E-state index contributed by atoms with van der Waals surface area (Å²) in [5, 5.41) is 11.3. The molecule has 1 aromatic rings. The van der Waals surface area contributed by atoms with Crippen LogP contribution in [0, 0.1) is 5.92 Å². The molecule has 2 fully saturated rings. The molecular formula is C35H49N5O8. The third-order valence-electron chi connectivity index (χ3n) is 8.64. The Morgan fingerprint density at radius 3 is 2.50 bits per heavy atom. The van der Waals surface area contributed by atoms with Crippen LogP contribution in [0.5, 0.6) is 0 Å². The smallest absolute Gasteiger partial charge is 0.408 e. The minimum atomic E-state index is -1.25.